The third-order valence-electron chi connectivity index (χ3n) is 3.22. The van der Waals surface area contributed by atoms with Crippen molar-refractivity contribution >= 4 is 11.8 Å². The molecule has 0 aromatic heterocycles. The maximum absolute atomic E-state index is 12.1. The zero-order chi connectivity index (χ0) is 12.8. The molecule has 0 aliphatic carbocycles. The van der Waals surface area contributed by atoms with Crippen LogP contribution in [0.3, 0.4) is 0 Å². The largest absolute Gasteiger partial charge is 0.385 e. The number of carbonyl (C=O) groups excluding carboxylic acids is 2. The van der Waals surface area contributed by atoms with E-state index in [-0.39, 0.29) is 30.3 Å². The highest BCUT2D eigenvalue weighted by molar-refractivity contribution is 5.94. The summed E-state index contributed by atoms with van der Waals surface area (Å²) in [6, 6.07) is -0.358. The third kappa shape index (κ3) is 3.70. The summed E-state index contributed by atoms with van der Waals surface area (Å²) in [4.78, 5) is 25.3. The number of nitrogens with one attached hydrogen (secondary N) is 1. The Labute approximate surface area is 102 Å². The summed E-state index contributed by atoms with van der Waals surface area (Å²) >= 11 is 0. The van der Waals surface area contributed by atoms with Crippen molar-refractivity contribution in [3.63, 3.8) is 0 Å². The van der Waals surface area contributed by atoms with E-state index in [1.807, 2.05) is 13.8 Å². The molecule has 5 heteroatoms. The topological polar surface area (TPSA) is 58.6 Å². The average Bonchev–Trinajstić information content (AvgIpc) is 2.32. The fraction of sp³-hybridized carbons (Fsp3) is 0.833. The molecule has 2 atom stereocenters. The van der Waals surface area contributed by atoms with Crippen LogP contribution < -0.4 is 5.32 Å². The van der Waals surface area contributed by atoms with E-state index in [2.05, 4.69) is 5.32 Å². The number of piperazine rings is 1. The summed E-state index contributed by atoms with van der Waals surface area (Å²) in [7, 11) is 1.63. The molecule has 2 amide bonds. The van der Waals surface area contributed by atoms with E-state index in [1.165, 1.54) is 0 Å². The van der Waals surface area contributed by atoms with Crippen LogP contribution in [-0.2, 0) is 14.3 Å². The zero-order valence-corrected chi connectivity index (χ0v) is 10.9. The normalized spacial score (nSPS) is 22.5. The monoisotopic (exact) mass is 242 g/mol. The standard InChI is InChI=1S/C12H22N2O3/c1-4-9(2)11-12(16)14(6-5-7-17-3)8-10(15)13-11/h9,11H,4-8H2,1-3H3,(H,13,15). The molecule has 1 rings (SSSR count). The lowest BCUT2D eigenvalue weighted by atomic mass is 9.96. The van der Waals surface area contributed by atoms with Crippen LogP contribution in [0.2, 0.25) is 0 Å². The molecule has 0 saturated carbocycles. The second-order valence-corrected chi connectivity index (χ2v) is 4.54. The minimum Gasteiger partial charge on any atom is -0.385 e. The molecular weight excluding hydrogens is 220 g/mol. The van der Waals surface area contributed by atoms with Crippen LogP contribution in [0.25, 0.3) is 0 Å². The first-order valence-electron chi connectivity index (χ1n) is 6.17. The van der Waals surface area contributed by atoms with Gasteiger partial charge in [0.1, 0.15) is 6.04 Å². The van der Waals surface area contributed by atoms with Crippen LogP contribution in [0, 0.1) is 5.92 Å². The van der Waals surface area contributed by atoms with Gasteiger partial charge in [-0.15, -0.1) is 0 Å². The predicted octanol–water partition coefficient (Wildman–Crippen LogP) is 0.396. The Morgan fingerprint density at radius 1 is 1.53 bits per heavy atom. The van der Waals surface area contributed by atoms with Gasteiger partial charge < -0.3 is 15.0 Å². The molecule has 1 fully saturated rings. The molecule has 1 aliphatic rings. The Hall–Kier alpha value is -1.10. The second-order valence-electron chi connectivity index (χ2n) is 4.54. The molecule has 1 N–H and O–H groups in total. The van der Waals surface area contributed by atoms with E-state index in [4.69, 9.17) is 4.74 Å². The van der Waals surface area contributed by atoms with Crippen LogP contribution >= 0.6 is 0 Å². The summed E-state index contributed by atoms with van der Waals surface area (Å²) < 4.78 is 4.95. The summed E-state index contributed by atoms with van der Waals surface area (Å²) in [5.41, 5.74) is 0. The number of carbonyl (C=O) groups is 2. The average molecular weight is 242 g/mol. The Kier molecular flexibility index (Phi) is 5.41. The molecular formula is C12H22N2O3. The molecule has 1 heterocycles. The van der Waals surface area contributed by atoms with Gasteiger partial charge in [0.25, 0.3) is 0 Å². The highest BCUT2D eigenvalue weighted by Gasteiger charge is 2.34. The van der Waals surface area contributed by atoms with E-state index >= 15 is 0 Å². The van der Waals surface area contributed by atoms with Crippen molar-refractivity contribution < 1.29 is 14.3 Å². The highest BCUT2D eigenvalue weighted by Crippen LogP contribution is 2.14. The van der Waals surface area contributed by atoms with Gasteiger partial charge in [0.05, 0.1) is 6.54 Å². The van der Waals surface area contributed by atoms with Gasteiger partial charge >= 0.3 is 0 Å². The van der Waals surface area contributed by atoms with Gasteiger partial charge in [-0.1, -0.05) is 20.3 Å². The molecule has 5 nitrogen and oxygen atoms in total. The number of ether oxygens (including phenoxy) is 1. The van der Waals surface area contributed by atoms with Gasteiger partial charge in [0, 0.05) is 20.3 Å². The fourth-order valence-electron chi connectivity index (χ4n) is 1.94. The molecule has 1 saturated heterocycles. The molecule has 1 aliphatic heterocycles. The van der Waals surface area contributed by atoms with Gasteiger partial charge in [-0.05, 0) is 12.3 Å². The Morgan fingerprint density at radius 2 is 2.24 bits per heavy atom. The van der Waals surface area contributed by atoms with Crippen LogP contribution in [0.5, 0.6) is 0 Å². The van der Waals surface area contributed by atoms with Gasteiger partial charge in [-0.2, -0.15) is 0 Å². The quantitative estimate of drug-likeness (QED) is 0.686. The van der Waals surface area contributed by atoms with Crippen LogP contribution in [0.4, 0.5) is 0 Å². The van der Waals surface area contributed by atoms with E-state index in [9.17, 15) is 9.59 Å². The lowest BCUT2D eigenvalue weighted by molar-refractivity contribution is -0.145. The SMILES string of the molecule is CCC(C)C1NC(=O)CN(CCCOC)C1=O. The Bertz CT molecular complexity index is 281. The van der Waals surface area contributed by atoms with Gasteiger partial charge in [0.15, 0.2) is 0 Å². The summed E-state index contributed by atoms with van der Waals surface area (Å²) in [5.74, 6) is 0.152. The molecule has 0 spiro atoms. The van der Waals surface area contributed by atoms with Gasteiger partial charge in [0.2, 0.25) is 11.8 Å². The van der Waals surface area contributed by atoms with Crippen LogP contribution in [-0.4, -0.2) is 49.6 Å². The predicted molar refractivity (Wildman–Crippen MR) is 64.5 cm³/mol. The zero-order valence-electron chi connectivity index (χ0n) is 10.9. The molecule has 0 aromatic rings. The summed E-state index contributed by atoms with van der Waals surface area (Å²) in [5, 5.41) is 2.78. The molecule has 0 radical (unpaired) electrons. The van der Waals surface area contributed by atoms with Crippen molar-refractivity contribution in [2.45, 2.75) is 32.7 Å². The van der Waals surface area contributed by atoms with Crippen LogP contribution in [0.1, 0.15) is 26.7 Å². The number of rotatable bonds is 6. The maximum atomic E-state index is 12.1. The molecule has 98 valence electrons. The van der Waals surface area contributed by atoms with E-state index in [0.29, 0.717) is 13.2 Å². The van der Waals surface area contributed by atoms with Crippen molar-refractivity contribution in [2.24, 2.45) is 5.92 Å². The van der Waals surface area contributed by atoms with Crippen molar-refractivity contribution in [3.8, 4) is 0 Å². The third-order valence-corrected chi connectivity index (χ3v) is 3.22. The molecule has 2 unspecified atom stereocenters. The summed E-state index contributed by atoms with van der Waals surface area (Å²) in [6.07, 6.45) is 1.64. The minimum atomic E-state index is -0.358. The number of hydrogen-bond acceptors (Lipinski definition) is 3. The smallest absolute Gasteiger partial charge is 0.245 e. The maximum Gasteiger partial charge on any atom is 0.245 e. The molecule has 17 heavy (non-hydrogen) atoms. The number of methoxy groups -OCH3 is 1. The van der Waals surface area contributed by atoms with Crippen LogP contribution in [0.15, 0.2) is 0 Å². The second kappa shape index (κ2) is 6.59. The fourth-order valence-corrected chi connectivity index (χ4v) is 1.94. The number of nitrogens with zero attached hydrogens (tertiary/aromatic N) is 1. The van der Waals surface area contributed by atoms with Crippen molar-refractivity contribution in [3.05, 3.63) is 0 Å². The summed E-state index contributed by atoms with van der Waals surface area (Å²) in [6.45, 7) is 5.39. The highest BCUT2D eigenvalue weighted by atomic mass is 16.5. The first-order chi connectivity index (χ1) is 8.10. The van der Waals surface area contributed by atoms with E-state index < -0.39 is 0 Å². The minimum absolute atomic E-state index is 0.0371. The van der Waals surface area contributed by atoms with Crippen molar-refractivity contribution in [1.29, 1.82) is 0 Å². The molecule has 0 aromatic carbocycles. The van der Waals surface area contributed by atoms with E-state index in [0.717, 1.165) is 12.8 Å². The lowest BCUT2D eigenvalue weighted by Gasteiger charge is -2.35. The van der Waals surface area contributed by atoms with E-state index in [1.54, 1.807) is 12.0 Å². The number of hydrogen-bond donors (Lipinski definition) is 1. The number of amides is 2. The van der Waals surface area contributed by atoms with Gasteiger partial charge in [-0.3, -0.25) is 9.59 Å². The first kappa shape index (κ1) is 14.0. The van der Waals surface area contributed by atoms with Crippen molar-refractivity contribution in [2.75, 3.05) is 26.8 Å². The Balaban J connectivity index is 2.58. The Morgan fingerprint density at radius 3 is 2.82 bits per heavy atom. The molecule has 0 bridgehead atoms. The van der Waals surface area contributed by atoms with Gasteiger partial charge in [-0.25, -0.2) is 0 Å². The lowest BCUT2D eigenvalue weighted by Crippen LogP contribution is -2.60. The first-order valence-corrected chi connectivity index (χ1v) is 6.17. The van der Waals surface area contributed by atoms with Crippen molar-refractivity contribution in [1.82, 2.24) is 10.2 Å².